The second kappa shape index (κ2) is 15.6. The van der Waals surface area contributed by atoms with Crippen molar-refractivity contribution in [3.05, 3.63) is 104 Å². The number of fused-ring (bicyclic) bond motifs is 2. The Bertz CT molecular complexity index is 2060. The number of thioether (sulfide) groups is 1. The maximum absolute atomic E-state index is 10.8. The van der Waals surface area contributed by atoms with Crippen LogP contribution in [0.15, 0.2) is 87.9 Å². The summed E-state index contributed by atoms with van der Waals surface area (Å²) in [6, 6.07) is 15.6. The number of carbonyl (C=O) groups is 2. The maximum atomic E-state index is 10.8. The molecule has 2 aliphatic heterocycles. The van der Waals surface area contributed by atoms with Crippen molar-refractivity contribution in [2.75, 3.05) is 11.1 Å². The number of thiophene rings is 2. The number of rotatable bonds is 7. The molecular formula is C32H26N8O3S4. The van der Waals surface area contributed by atoms with Gasteiger partial charge in [-0.1, -0.05) is 35.2 Å². The lowest BCUT2D eigenvalue weighted by Gasteiger charge is -1.98. The first-order valence-corrected chi connectivity index (χ1v) is 17.7. The molecule has 0 atom stereocenters. The molecule has 0 spiro atoms. The fourth-order valence-electron chi connectivity index (χ4n) is 4.29. The van der Waals surface area contributed by atoms with Gasteiger partial charge < -0.3 is 20.7 Å². The first-order valence-electron chi connectivity index (χ1n) is 14.1. The van der Waals surface area contributed by atoms with Gasteiger partial charge in [-0.2, -0.15) is 4.98 Å². The van der Waals surface area contributed by atoms with Crippen molar-refractivity contribution < 1.29 is 14.7 Å². The molecule has 0 aliphatic carbocycles. The number of aromatic hydroxyl groups is 1. The maximum Gasteiger partial charge on any atom is 0.236 e. The van der Waals surface area contributed by atoms with Crippen molar-refractivity contribution in [2.24, 2.45) is 9.98 Å². The van der Waals surface area contributed by atoms with Gasteiger partial charge in [-0.3, -0.25) is 14.6 Å². The van der Waals surface area contributed by atoms with E-state index in [2.05, 4.69) is 46.6 Å². The Morgan fingerprint density at radius 1 is 1.02 bits per heavy atom. The molecule has 0 aromatic carbocycles. The molecule has 6 aromatic rings. The molecule has 2 aliphatic rings. The van der Waals surface area contributed by atoms with Gasteiger partial charge in [0.25, 0.3) is 0 Å². The quantitative estimate of drug-likeness (QED) is 0.130. The second-order valence-electron chi connectivity index (χ2n) is 9.67. The molecule has 8 heterocycles. The van der Waals surface area contributed by atoms with E-state index in [1.54, 1.807) is 47.5 Å². The van der Waals surface area contributed by atoms with Gasteiger partial charge in [0.1, 0.15) is 5.65 Å². The highest BCUT2D eigenvalue weighted by atomic mass is 32.2. The van der Waals surface area contributed by atoms with E-state index < -0.39 is 0 Å². The van der Waals surface area contributed by atoms with Gasteiger partial charge in [-0.25, -0.2) is 15.0 Å². The number of allylic oxidation sites excluding steroid dienone is 1. The van der Waals surface area contributed by atoms with Gasteiger partial charge in [0.15, 0.2) is 22.4 Å². The van der Waals surface area contributed by atoms with E-state index in [9.17, 15) is 14.7 Å². The van der Waals surface area contributed by atoms with Gasteiger partial charge in [0.2, 0.25) is 11.8 Å². The molecule has 0 bridgehead atoms. The molecule has 1 fully saturated rings. The SMILES string of the molecule is O=C1CSC(=NCc2cccs2)N1.O=Cc1c[nH]c2ncccc12.Oc1nc(NCc2cccs2)sc1C=C1C=Nc2ncccc21. The average Bonchev–Trinajstić information content (AvgIpc) is 3.95. The zero-order valence-electron chi connectivity index (χ0n) is 24.5. The Labute approximate surface area is 285 Å². The van der Waals surface area contributed by atoms with E-state index in [-0.39, 0.29) is 11.8 Å². The average molecular weight is 699 g/mol. The topological polar surface area (TPSA) is 158 Å². The summed E-state index contributed by atoms with van der Waals surface area (Å²) in [7, 11) is 0. The molecule has 15 heteroatoms. The van der Waals surface area contributed by atoms with Crippen LogP contribution in [0.5, 0.6) is 5.88 Å². The molecule has 1 amide bonds. The Kier molecular flexibility index (Phi) is 10.6. The van der Waals surface area contributed by atoms with Crippen molar-refractivity contribution >= 4 is 103 Å². The lowest BCUT2D eigenvalue weighted by Crippen LogP contribution is -2.20. The summed E-state index contributed by atoms with van der Waals surface area (Å²) in [4.78, 5) is 48.2. The molecule has 11 nitrogen and oxygen atoms in total. The van der Waals surface area contributed by atoms with Crippen molar-refractivity contribution in [1.82, 2.24) is 25.3 Å². The summed E-state index contributed by atoms with van der Waals surface area (Å²) < 4.78 is 0. The van der Waals surface area contributed by atoms with Crippen LogP contribution in [0.2, 0.25) is 0 Å². The Morgan fingerprint density at radius 3 is 2.60 bits per heavy atom. The van der Waals surface area contributed by atoms with Crippen LogP contribution in [0.1, 0.15) is 30.6 Å². The number of nitrogens with zero attached hydrogens (tertiary/aromatic N) is 5. The summed E-state index contributed by atoms with van der Waals surface area (Å²) in [5.74, 6) is 1.29. The highest BCUT2D eigenvalue weighted by Crippen LogP contribution is 2.35. The predicted octanol–water partition coefficient (Wildman–Crippen LogP) is 7.02. The van der Waals surface area contributed by atoms with Crippen LogP contribution < -0.4 is 10.6 Å². The zero-order valence-corrected chi connectivity index (χ0v) is 27.8. The van der Waals surface area contributed by atoms with Crippen LogP contribution in [-0.4, -0.2) is 54.4 Å². The van der Waals surface area contributed by atoms with Gasteiger partial charge in [-0.15, -0.1) is 22.7 Å². The lowest BCUT2D eigenvalue weighted by molar-refractivity contribution is -0.116. The minimum atomic E-state index is 0.0296. The van der Waals surface area contributed by atoms with Crippen LogP contribution >= 0.6 is 45.8 Å². The Morgan fingerprint density at radius 2 is 1.83 bits per heavy atom. The van der Waals surface area contributed by atoms with Crippen molar-refractivity contribution in [2.45, 2.75) is 13.1 Å². The number of aromatic amines is 1. The van der Waals surface area contributed by atoms with Crippen molar-refractivity contribution in [3.8, 4) is 5.88 Å². The highest BCUT2D eigenvalue weighted by molar-refractivity contribution is 8.15. The molecule has 4 N–H and O–H groups in total. The van der Waals surface area contributed by atoms with Crippen LogP contribution in [-0.2, 0) is 17.9 Å². The van der Waals surface area contributed by atoms with Crippen LogP contribution in [0, 0.1) is 0 Å². The monoisotopic (exact) mass is 698 g/mol. The third-order valence-corrected chi connectivity index (χ3v) is 10.1. The number of amidine groups is 1. The van der Waals surface area contributed by atoms with E-state index in [1.165, 1.54) is 32.9 Å². The number of aldehydes is 1. The van der Waals surface area contributed by atoms with E-state index in [1.807, 2.05) is 59.3 Å². The minimum absolute atomic E-state index is 0.0296. The summed E-state index contributed by atoms with van der Waals surface area (Å²) in [5, 5.41) is 22.4. The Hall–Kier alpha value is -4.96. The van der Waals surface area contributed by atoms with Crippen LogP contribution in [0.25, 0.3) is 22.7 Å². The number of nitrogens with one attached hydrogen (secondary N) is 3. The number of hydrogen-bond acceptors (Lipinski definition) is 13. The molecule has 8 rings (SSSR count). The normalized spacial score (nSPS) is 14.8. The third kappa shape index (κ3) is 8.45. The van der Waals surface area contributed by atoms with E-state index in [4.69, 9.17) is 0 Å². The van der Waals surface area contributed by atoms with E-state index in [0.29, 0.717) is 40.2 Å². The molecule has 47 heavy (non-hydrogen) atoms. The smallest absolute Gasteiger partial charge is 0.236 e. The van der Waals surface area contributed by atoms with Crippen molar-refractivity contribution in [3.63, 3.8) is 0 Å². The van der Waals surface area contributed by atoms with Crippen LogP contribution in [0.3, 0.4) is 0 Å². The number of H-pyrrole nitrogens is 1. The number of amides is 1. The summed E-state index contributed by atoms with van der Waals surface area (Å²) in [6.45, 7) is 1.37. The third-order valence-electron chi connectivity index (χ3n) is 6.49. The standard InChI is InChI=1S/C16H12N4OS2.C8H8N2OS2.C8H6N2O/c21-15-13(7-10-8-18-14-12(10)4-1-5-17-14)23-16(20-15)19-9-11-3-2-6-22-11;11-7-5-13-8(10-7)9-4-6-2-1-3-12-6;11-5-6-4-10-8-7(6)2-1-3-9-8/h1-8,21H,9H2,(H,19,20);1-3H,4-5H2,(H,9,10,11);1-5H,(H,9,10). The van der Waals surface area contributed by atoms with E-state index in [0.717, 1.165) is 33.6 Å². The lowest BCUT2D eigenvalue weighted by atomic mass is 10.1. The molecular weight excluding hydrogens is 673 g/mol. The van der Waals surface area contributed by atoms with Gasteiger partial charge in [-0.05, 0) is 53.2 Å². The second-order valence-corrected chi connectivity index (χ2v) is 13.7. The zero-order chi connectivity index (χ0) is 32.4. The summed E-state index contributed by atoms with van der Waals surface area (Å²) in [6.07, 6.45) is 9.53. The van der Waals surface area contributed by atoms with E-state index >= 15 is 0 Å². The Balaban J connectivity index is 0.000000136. The largest absolute Gasteiger partial charge is 0.492 e. The minimum Gasteiger partial charge on any atom is -0.492 e. The molecule has 6 aromatic heterocycles. The molecule has 0 radical (unpaired) electrons. The first kappa shape index (κ1) is 32.0. The van der Waals surface area contributed by atoms with Gasteiger partial charge >= 0.3 is 0 Å². The number of carbonyl (C=O) groups excluding carboxylic acids is 2. The van der Waals surface area contributed by atoms with Crippen molar-refractivity contribution in [1.29, 1.82) is 0 Å². The fourth-order valence-corrected chi connectivity index (χ4v) is 7.05. The number of pyridine rings is 2. The summed E-state index contributed by atoms with van der Waals surface area (Å²) in [5.41, 5.74) is 3.31. The number of hydrogen-bond donors (Lipinski definition) is 4. The number of thiazole rings is 1. The highest BCUT2D eigenvalue weighted by Gasteiger charge is 2.16. The van der Waals surface area contributed by atoms with Gasteiger partial charge in [0.05, 0.1) is 23.7 Å². The molecule has 1 saturated heterocycles. The summed E-state index contributed by atoms with van der Waals surface area (Å²) >= 11 is 6.25. The molecule has 0 saturated carbocycles. The van der Waals surface area contributed by atoms with Gasteiger partial charge in [0, 0.05) is 56.6 Å². The number of anilines is 1. The first-order chi connectivity index (χ1) is 23.1. The molecule has 0 unspecified atom stereocenters. The predicted molar refractivity (Wildman–Crippen MR) is 193 cm³/mol. The number of aromatic nitrogens is 4. The molecule has 236 valence electrons. The fraction of sp³-hybridized carbons (Fsp3) is 0.0938. The number of aliphatic imine (C=N–C) groups is 2. The van der Waals surface area contributed by atoms with Crippen LogP contribution in [0.4, 0.5) is 10.9 Å².